The minimum atomic E-state index is -0.427. The first kappa shape index (κ1) is 16.8. The van der Waals surface area contributed by atoms with Gasteiger partial charge in [-0.25, -0.2) is 4.79 Å². The molecule has 0 saturated carbocycles. The third-order valence-corrected chi connectivity index (χ3v) is 3.85. The molecule has 0 atom stereocenters. The summed E-state index contributed by atoms with van der Waals surface area (Å²) in [7, 11) is 0. The van der Waals surface area contributed by atoms with Crippen molar-refractivity contribution in [3.05, 3.63) is 83.9 Å². The molecule has 3 aromatic rings. The van der Waals surface area contributed by atoms with Crippen LogP contribution in [0.15, 0.2) is 72.8 Å². The molecule has 0 aromatic heterocycles. The first-order valence-electron chi connectivity index (χ1n) is 8.17. The Bertz CT molecular complexity index is 832. The lowest BCUT2D eigenvalue weighted by Gasteiger charge is -2.08. The Morgan fingerprint density at radius 1 is 0.680 bits per heavy atom. The molecule has 0 spiro atoms. The summed E-state index contributed by atoms with van der Waals surface area (Å²) in [5.41, 5.74) is 4.58. The van der Waals surface area contributed by atoms with Gasteiger partial charge in [0.1, 0.15) is 11.5 Å². The molecule has 3 aromatic carbocycles. The summed E-state index contributed by atoms with van der Waals surface area (Å²) < 4.78 is 10.7. The molecule has 0 fully saturated rings. The maximum atomic E-state index is 11.9. The van der Waals surface area contributed by atoms with Gasteiger partial charge in [0.2, 0.25) is 0 Å². The second kappa shape index (κ2) is 7.67. The molecule has 3 heteroatoms. The topological polar surface area (TPSA) is 35.5 Å². The van der Waals surface area contributed by atoms with Crippen LogP contribution in [0.2, 0.25) is 0 Å². The van der Waals surface area contributed by atoms with E-state index in [-0.39, 0.29) is 6.61 Å². The average molecular weight is 332 g/mol. The van der Waals surface area contributed by atoms with Crippen LogP contribution in [-0.4, -0.2) is 12.6 Å². The van der Waals surface area contributed by atoms with E-state index in [9.17, 15) is 4.79 Å². The Kier molecular flexibility index (Phi) is 5.14. The zero-order valence-corrected chi connectivity index (χ0v) is 14.4. The molecule has 25 heavy (non-hydrogen) atoms. The van der Waals surface area contributed by atoms with Crippen LogP contribution in [0.1, 0.15) is 11.1 Å². The summed E-state index contributed by atoms with van der Waals surface area (Å²) in [4.78, 5) is 11.9. The average Bonchev–Trinajstić information content (AvgIpc) is 2.63. The van der Waals surface area contributed by atoms with Crippen molar-refractivity contribution in [2.75, 3.05) is 6.61 Å². The van der Waals surface area contributed by atoms with Gasteiger partial charge < -0.3 is 9.47 Å². The molecule has 0 radical (unpaired) electrons. The number of ether oxygens (including phenoxy) is 2. The van der Waals surface area contributed by atoms with Crippen molar-refractivity contribution in [2.45, 2.75) is 13.8 Å². The predicted molar refractivity (Wildman–Crippen MR) is 98.9 cm³/mol. The standard InChI is InChI=1S/C22H20O3/c1-16-3-7-18(8-4-16)19-9-13-21(14-10-19)25-22(23)15-24-20-11-5-17(2)6-12-20/h3-14H,15H2,1-2H3. The predicted octanol–water partition coefficient (Wildman–Crippen LogP) is 4.95. The fourth-order valence-corrected chi connectivity index (χ4v) is 2.40. The number of hydrogen-bond acceptors (Lipinski definition) is 3. The molecule has 0 amide bonds. The van der Waals surface area contributed by atoms with Crippen LogP contribution in [0.3, 0.4) is 0 Å². The molecule has 0 aliphatic heterocycles. The third kappa shape index (κ3) is 4.70. The van der Waals surface area contributed by atoms with Crippen molar-refractivity contribution < 1.29 is 14.3 Å². The summed E-state index contributed by atoms with van der Waals surface area (Å²) in [5, 5.41) is 0. The quantitative estimate of drug-likeness (QED) is 0.489. The van der Waals surface area contributed by atoms with E-state index in [1.807, 2.05) is 43.3 Å². The summed E-state index contributed by atoms with van der Waals surface area (Å²) >= 11 is 0. The van der Waals surface area contributed by atoms with E-state index in [2.05, 4.69) is 31.2 Å². The van der Waals surface area contributed by atoms with E-state index in [0.29, 0.717) is 11.5 Å². The molecule has 3 rings (SSSR count). The first-order valence-corrected chi connectivity index (χ1v) is 8.17. The van der Waals surface area contributed by atoms with E-state index in [4.69, 9.17) is 9.47 Å². The van der Waals surface area contributed by atoms with Crippen LogP contribution in [-0.2, 0) is 4.79 Å². The molecular weight excluding hydrogens is 312 g/mol. The SMILES string of the molecule is Cc1ccc(OCC(=O)Oc2ccc(-c3ccc(C)cc3)cc2)cc1. The molecule has 0 aliphatic carbocycles. The maximum absolute atomic E-state index is 11.9. The number of aryl methyl sites for hydroxylation is 2. The van der Waals surface area contributed by atoms with Crippen LogP contribution < -0.4 is 9.47 Å². The smallest absolute Gasteiger partial charge is 0.349 e. The number of rotatable bonds is 5. The van der Waals surface area contributed by atoms with E-state index >= 15 is 0 Å². The van der Waals surface area contributed by atoms with Gasteiger partial charge in [-0.15, -0.1) is 0 Å². The van der Waals surface area contributed by atoms with Crippen LogP contribution in [0.25, 0.3) is 11.1 Å². The molecule has 0 saturated heterocycles. The highest BCUT2D eigenvalue weighted by Gasteiger charge is 2.07. The lowest BCUT2D eigenvalue weighted by atomic mass is 10.0. The molecule has 126 valence electrons. The number of carbonyl (C=O) groups is 1. The Hall–Kier alpha value is -3.07. The third-order valence-electron chi connectivity index (χ3n) is 3.85. The van der Waals surface area contributed by atoms with Crippen molar-refractivity contribution in [2.24, 2.45) is 0 Å². The number of hydrogen-bond donors (Lipinski definition) is 0. The highest BCUT2D eigenvalue weighted by Crippen LogP contribution is 2.23. The van der Waals surface area contributed by atoms with Crippen LogP contribution >= 0.6 is 0 Å². The molecule has 0 bridgehead atoms. The number of carbonyl (C=O) groups excluding carboxylic acids is 1. The highest BCUT2D eigenvalue weighted by atomic mass is 16.6. The van der Waals surface area contributed by atoms with Gasteiger partial charge in [-0.1, -0.05) is 59.7 Å². The van der Waals surface area contributed by atoms with E-state index in [0.717, 1.165) is 16.7 Å². The molecular formula is C22H20O3. The van der Waals surface area contributed by atoms with Gasteiger partial charge in [0.25, 0.3) is 0 Å². The van der Waals surface area contributed by atoms with Crippen molar-refractivity contribution in [3.8, 4) is 22.6 Å². The first-order chi connectivity index (χ1) is 12.1. The molecule has 0 N–H and O–H groups in total. The van der Waals surface area contributed by atoms with Crippen molar-refractivity contribution >= 4 is 5.97 Å². The second-order valence-electron chi connectivity index (χ2n) is 5.97. The molecule has 3 nitrogen and oxygen atoms in total. The van der Waals surface area contributed by atoms with Gasteiger partial charge in [-0.2, -0.15) is 0 Å². The summed E-state index contributed by atoms with van der Waals surface area (Å²) in [6.07, 6.45) is 0. The summed E-state index contributed by atoms with van der Waals surface area (Å²) in [6.45, 7) is 3.94. The molecule has 0 unspecified atom stereocenters. The lowest BCUT2D eigenvalue weighted by molar-refractivity contribution is -0.136. The largest absolute Gasteiger partial charge is 0.482 e. The van der Waals surface area contributed by atoms with Gasteiger partial charge in [0.05, 0.1) is 0 Å². The van der Waals surface area contributed by atoms with Crippen LogP contribution in [0.4, 0.5) is 0 Å². The molecule has 0 aliphatic rings. The molecule has 0 heterocycles. The minimum absolute atomic E-state index is 0.122. The zero-order valence-electron chi connectivity index (χ0n) is 14.4. The zero-order chi connectivity index (χ0) is 17.6. The van der Waals surface area contributed by atoms with Gasteiger partial charge in [0.15, 0.2) is 6.61 Å². The Labute approximate surface area is 147 Å². The fraction of sp³-hybridized carbons (Fsp3) is 0.136. The van der Waals surface area contributed by atoms with Gasteiger partial charge in [-0.05, 0) is 49.2 Å². The second-order valence-corrected chi connectivity index (χ2v) is 5.97. The lowest BCUT2D eigenvalue weighted by Crippen LogP contribution is -2.17. The Morgan fingerprint density at radius 2 is 1.12 bits per heavy atom. The Balaban J connectivity index is 1.56. The number of benzene rings is 3. The van der Waals surface area contributed by atoms with E-state index < -0.39 is 5.97 Å². The van der Waals surface area contributed by atoms with Crippen LogP contribution in [0.5, 0.6) is 11.5 Å². The van der Waals surface area contributed by atoms with E-state index in [1.165, 1.54) is 5.56 Å². The van der Waals surface area contributed by atoms with Crippen LogP contribution in [0, 0.1) is 13.8 Å². The van der Waals surface area contributed by atoms with Crippen molar-refractivity contribution in [1.82, 2.24) is 0 Å². The number of esters is 1. The summed E-state index contributed by atoms with van der Waals surface area (Å²) in [6, 6.07) is 23.3. The normalized spacial score (nSPS) is 10.3. The van der Waals surface area contributed by atoms with Crippen molar-refractivity contribution in [3.63, 3.8) is 0 Å². The highest BCUT2D eigenvalue weighted by molar-refractivity contribution is 5.74. The maximum Gasteiger partial charge on any atom is 0.349 e. The van der Waals surface area contributed by atoms with Gasteiger partial charge >= 0.3 is 5.97 Å². The monoisotopic (exact) mass is 332 g/mol. The van der Waals surface area contributed by atoms with E-state index in [1.54, 1.807) is 12.1 Å². The minimum Gasteiger partial charge on any atom is -0.482 e. The van der Waals surface area contributed by atoms with Gasteiger partial charge in [0, 0.05) is 0 Å². The Morgan fingerprint density at radius 3 is 1.68 bits per heavy atom. The van der Waals surface area contributed by atoms with Gasteiger partial charge in [-0.3, -0.25) is 0 Å². The fourth-order valence-electron chi connectivity index (χ4n) is 2.40. The van der Waals surface area contributed by atoms with Crippen molar-refractivity contribution in [1.29, 1.82) is 0 Å². The summed E-state index contributed by atoms with van der Waals surface area (Å²) in [5.74, 6) is 0.731.